The maximum absolute atomic E-state index is 11.9. The van der Waals surface area contributed by atoms with Crippen LogP contribution in [0.1, 0.15) is 12.0 Å². The number of carbonyl (C=O) groups is 1. The number of rotatable bonds is 5. The van der Waals surface area contributed by atoms with Crippen LogP contribution in [0.4, 0.5) is 8.78 Å². The lowest BCUT2D eigenvalue weighted by molar-refractivity contribution is -0.136. The van der Waals surface area contributed by atoms with Gasteiger partial charge in [-0.1, -0.05) is 22.0 Å². The molecule has 0 aliphatic rings. The Bertz CT molecular complexity index is 382. The van der Waals surface area contributed by atoms with Crippen molar-refractivity contribution in [2.75, 3.05) is 0 Å². The molecule has 16 heavy (non-hydrogen) atoms. The molecule has 0 unspecified atom stereocenters. The number of carboxylic acid groups (broad SMARTS) is 1. The van der Waals surface area contributed by atoms with Crippen LogP contribution < -0.4 is 4.74 Å². The Labute approximate surface area is 99.2 Å². The highest BCUT2D eigenvalue weighted by Crippen LogP contribution is 2.25. The fraction of sp³-hybridized carbons (Fsp3) is 0.300. The molecule has 0 atom stereocenters. The van der Waals surface area contributed by atoms with E-state index in [-0.39, 0.29) is 12.2 Å². The Balaban J connectivity index is 2.71. The van der Waals surface area contributed by atoms with Crippen molar-refractivity contribution in [2.45, 2.75) is 19.5 Å². The van der Waals surface area contributed by atoms with Crippen molar-refractivity contribution in [1.82, 2.24) is 0 Å². The van der Waals surface area contributed by atoms with Gasteiger partial charge in [0.25, 0.3) is 0 Å². The monoisotopic (exact) mass is 294 g/mol. The average Bonchev–Trinajstić information content (AvgIpc) is 2.15. The predicted molar refractivity (Wildman–Crippen MR) is 56.7 cm³/mol. The van der Waals surface area contributed by atoms with Gasteiger partial charge in [-0.2, -0.15) is 8.78 Å². The van der Waals surface area contributed by atoms with Crippen LogP contribution in [0.2, 0.25) is 0 Å². The van der Waals surface area contributed by atoms with Crippen molar-refractivity contribution < 1.29 is 23.4 Å². The molecule has 0 spiro atoms. The van der Waals surface area contributed by atoms with Crippen LogP contribution in [-0.2, 0) is 11.2 Å². The minimum absolute atomic E-state index is 0.00630. The molecular formula is C10H9BrF2O3. The zero-order valence-corrected chi connectivity index (χ0v) is 9.71. The summed E-state index contributed by atoms with van der Waals surface area (Å²) in [5, 5.41) is 8.50. The smallest absolute Gasteiger partial charge is 0.387 e. The van der Waals surface area contributed by atoms with Crippen LogP contribution in [0, 0.1) is 0 Å². The lowest BCUT2D eigenvalue weighted by atomic mass is 10.1. The molecule has 3 nitrogen and oxygen atoms in total. The first kappa shape index (κ1) is 12.9. The molecule has 0 aliphatic carbocycles. The molecule has 1 N–H and O–H groups in total. The Kier molecular flexibility index (Phi) is 4.67. The average molecular weight is 295 g/mol. The third kappa shape index (κ3) is 4.14. The van der Waals surface area contributed by atoms with Crippen molar-refractivity contribution in [2.24, 2.45) is 0 Å². The number of ether oxygens (including phenoxy) is 1. The number of alkyl halides is 2. The van der Waals surface area contributed by atoms with Crippen molar-refractivity contribution in [3.05, 3.63) is 28.2 Å². The fourth-order valence-corrected chi connectivity index (χ4v) is 1.70. The van der Waals surface area contributed by atoms with Crippen LogP contribution in [0.15, 0.2) is 22.7 Å². The van der Waals surface area contributed by atoms with Crippen LogP contribution in [0.5, 0.6) is 5.75 Å². The second-order valence-corrected chi connectivity index (χ2v) is 3.88. The molecule has 1 rings (SSSR count). The van der Waals surface area contributed by atoms with E-state index in [1.165, 1.54) is 12.1 Å². The second-order valence-electron chi connectivity index (χ2n) is 3.03. The Hall–Kier alpha value is -1.17. The first-order valence-electron chi connectivity index (χ1n) is 4.44. The van der Waals surface area contributed by atoms with Crippen molar-refractivity contribution in [1.29, 1.82) is 0 Å². The van der Waals surface area contributed by atoms with Gasteiger partial charge in [0.15, 0.2) is 0 Å². The van der Waals surface area contributed by atoms with Gasteiger partial charge < -0.3 is 9.84 Å². The van der Waals surface area contributed by atoms with Crippen LogP contribution in [0.25, 0.3) is 0 Å². The number of aliphatic carboxylic acids is 1. The maximum Gasteiger partial charge on any atom is 0.387 e. The van der Waals surface area contributed by atoms with Gasteiger partial charge in [0.05, 0.1) is 0 Å². The van der Waals surface area contributed by atoms with Crippen molar-refractivity contribution in [3.8, 4) is 5.75 Å². The molecule has 0 saturated carbocycles. The van der Waals surface area contributed by atoms with Crippen LogP contribution >= 0.6 is 15.9 Å². The predicted octanol–water partition coefficient (Wildman–Crippen LogP) is 3.07. The summed E-state index contributed by atoms with van der Waals surface area (Å²) >= 11 is 3.17. The number of hydrogen-bond donors (Lipinski definition) is 1. The normalized spacial score (nSPS) is 10.5. The third-order valence-corrected chi connectivity index (χ3v) is 2.60. The summed E-state index contributed by atoms with van der Waals surface area (Å²) in [6, 6.07) is 4.34. The van der Waals surface area contributed by atoms with E-state index in [1.54, 1.807) is 6.07 Å². The minimum Gasteiger partial charge on any atom is -0.481 e. The summed E-state index contributed by atoms with van der Waals surface area (Å²) < 4.78 is 28.5. The minimum atomic E-state index is -2.86. The quantitative estimate of drug-likeness (QED) is 0.908. The highest BCUT2D eigenvalue weighted by molar-refractivity contribution is 9.10. The molecule has 88 valence electrons. The number of halogens is 3. The highest BCUT2D eigenvalue weighted by Gasteiger charge is 2.08. The largest absolute Gasteiger partial charge is 0.481 e. The summed E-state index contributed by atoms with van der Waals surface area (Å²) in [5.41, 5.74) is 0.740. The Morgan fingerprint density at radius 2 is 2.19 bits per heavy atom. The Morgan fingerprint density at radius 1 is 1.50 bits per heavy atom. The Morgan fingerprint density at radius 3 is 2.69 bits per heavy atom. The number of hydrogen-bond acceptors (Lipinski definition) is 2. The van der Waals surface area contributed by atoms with Gasteiger partial charge in [-0.15, -0.1) is 0 Å². The summed E-state index contributed by atoms with van der Waals surface area (Å²) in [7, 11) is 0. The van der Waals surface area contributed by atoms with Crippen molar-refractivity contribution in [3.63, 3.8) is 0 Å². The molecule has 0 saturated heterocycles. The molecule has 1 aromatic carbocycles. The van der Waals surface area contributed by atoms with E-state index in [4.69, 9.17) is 5.11 Å². The second kappa shape index (κ2) is 5.79. The van der Waals surface area contributed by atoms with E-state index in [9.17, 15) is 13.6 Å². The summed E-state index contributed by atoms with van der Waals surface area (Å²) in [5.74, 6) is -0.860. The topological polar surface area (TPSA) is 46.5 Å². The summed E-state index contributed by atoms with van der Waals surface area (Å²) in [6.07, 6.45) is 0.332. The first-order chi connectivity index (χ1) is 7.49. The molecule has 0 fully saturated rings. The number of aryl methyl sites for hydroxylation is 1. The highest BCUT2D eigenvalue weighted by atomic mass is 79.9. The summed E-state index contributed by atoms with van der Waals surface area (Å²) in [4.78, 5) is 10.4. The molecule has 0 heterocycles. The third-order valence-electron chi connectivity index (χ3n) is 1.86. The first-order valence-corrected chi connectivity index (χ1v) is 5.23. The lowest BCUT2D eigenvalue weighted by Gasteiger charge is -2.07. The molecule has 6 heteroatoms. The van der Waals surface area contributed by atoms with Gasteiger partial charge in [0.2, 0.25) is 0 Å². The molecule has 0 radical (unpaired) electrons. The van der Waals surface area contributed by atoms with E-state index >= 15 is 0 Å². The number of benzene rings is 1. The van der Waals surface area contributed by atoms with Crippen molar-refractivity contribution >= 4 is 21.9 Å². The molecule has 0 aliphatic heterocycles. The SMILES string of the molecule is O=C(O)CCc1ccc(OC(F)F)cc1Br. The van der Waals surface area contributed by atoms with E-state index in [2.05, 4.69) is 20.7 Å². The van der Waals surface area contributed by atoms with E-state index in [1.807, 2.05) is 0 Å². The fourth-order valence-electron chi connectivity index (χ4n) is 1.15. The van der Waals surface area contributed by atoms with Gasteiger partial charge in [-0.05, 0) is 24.1 Å². The van der Waals surface area contributed by atoms with Gasteiger partial charge in [0, 0.05) is 10.9 Å². The molecule has 0 bridgehead atoms. The standard InChI is InChI=1S/C10H9BrF2O3/c11-8-5-7(16-10(12)13)3-1-6(8)2-4-9(14)15/h1,3,5,10H,2,4H2,(H,14,15). The zero-order valence-electron chi connectivity index (χ0n) is 8.12. The molecule has 0 amide bonds. The van der Waals surface area contributed by atoms with E-state index in [0.717, 1.165) is 5.56 Å². The van der Waals surface area contributed by atoms with Gasteiger partial charge in [-0.3, -0.25) is 4.79 Å². The number of carboxylic acids is 1. The van der Waals surface area contributed by atoms with E-state index in [0.29, 0.717) is 10.9 Å². The molecular weight excluding hydrogens is 286 g/mol. The molecule has 1 aromatic rings. The summed E-state index contributed by atoms with van der Waals surface area (Å²) in [6.45, 7) is -2.86. The van der Waals surface area contributed by atoms with E-state index < -0.39 is 12.6 Å². The van der Waals surface area contributed by atoms with Crippen LogP contribution in [0.3, 0.4) is 0 Å². The van der Waals surface area contributed by atoms with Gasteiger partial charge in [-0.25, -0.2) is 0 Å². The van der Waals surface area contributed by atoms with Gasteiger partial charge >= 0.3 is 12.6 Å². The van der Waals surface area contributed by atoms with Gasteiger partial charge in [0.1, 0.15) is 5.75 Å². The maximum atomic E-state index is 11.9. The lowest BCUT2D eigenvalue weighted by Crippen LogP contribution is -2.02. The zero-order chi connectivity index (χ0) is 12.1. The molecule has 0 aromatic heterocycles. The van der Waals surface area contributed by atoms with Crippen LogP contribution in [-0.4, -0.2) is 17.7 Å².